The van der Waals surface area contributed by atoms with Crippen molar-refractivity contribution in [3.63, 3.8) is 0 Å². The first-order valence-electron chi connectivity index (χ1n) is 10.6. The highest BCUT2D eigenvalue weighted by molar-refractivity contribution is 5.80. The number of piperidine rings is 1. The summed E-state index contributed by atoms with van der Waals surface area (Å²) in [6.45, 7) is 4.50. The summed E-state index contributed by atoms with van der Waals surface area (Å²) in [5.74, 6) is 2.18. The monoisotopic (exact) mass is 402 g/mol. The van der Waals surface area contributed by atoms with Gasteiger partial charge in [-0.05, 0) is 37.7 Å². The molecule has 8 heteroatoms. The predicted molar refractivity (Wildman–Crippen MR) is 115 cm³/mol. The Kier molecular flexibility index (Phi) is 7.69. The quantitative estimate of drug-likeness (QED) is 0.366. The molecule has 0 spiro atoms. The lowest BCUT2D eigenvalue weighted by atomic mass is 9.97. The third-order valence-corrected chi connectivity index (χ3v) is 5.62. The number of hydrogen-bond donors (Lipinski definition) is 2. The fourth-order valence-corrected chi connectivity index (χ4v) is 3.66. The average molecular weight is 403 g/mol. The molecule has 1 saturated heterocycles. The van der Waals surface area contributed by atoms with Crippen molar-refractivity contribution in [1.82, 2.24) is 15.2 Å². The van der Waals surface area contributed by atoms with E-state index in [9.17, 15) is 4.79 Å². The molecule has 160 valence electrons. The van der Waals surface area contributed by atoms with Crippen LogP contribution in [0, 0.1) is 11.8 Å². The molecular formula is C21H34N6O2. The number of rotatable bonds is 9. The Morgan fingerprint density at radius 2 is 2.28 bits per heavy atom. The summed E-state index contributed by atoms with van der Waals surface area (Å²) in [4.78, 5) is 24.9. The first-order chi connectivity index (χ1) is 14.1. The minimum atomic E-state index is -0.226. The number of anilines is 1. The van der Waals surface area contributed by atoms with E-state index < -0.39 is 0 Å². The van der Waals surface area contributed by atoms with Crippen molar-refractivity contribution in [3.8, 4) is 0 Å². The molecule has 1 aromatic heterocycles. The summed E-state index contributed by atoms with van der Waals surface area (Å²) in [5, 5.41) is 3.42. The SMILES string of the molecule is CN=C(NCc1cccnc1N1CCCC(C(N)=O)C1)N(C)CCOCC1CC1. The smallest absolute Gasteiger partial charge is 0.222 e. The second-order valence-electron chi connectivity index (χ2n) is 8.01. The summed E-state index contributed by atoms with van der Waals surface area (Å²) in [6, 6.07) is 4.00. The van der Waals surface area contributed by atoms with E-state index in [0.717, 1.165) is 55.8 Å². The van der Waals surface area contributed by atoms with Crippen molar-refractivity contribution >= 4 is 17.7 Å². The molecule has 0 bridgehead atoms. The molecule has 0 radical (unpaired) electrons. The summed E-state index contributed by atoms with van der Waals surface area (Å²) >= 11 is 0. The van der Waals surface area contributed by atoms with Gasteiger partial charge in [-0.1, -0.05) is 6.07 Å². The van der Waals surface area contributed by atoms with Gasteiger partial charge < -0.3 is 25.6 Å². The molecule has 1 unspecified atom stereocenters. The van der Waals surface area contributed by atoms with Crippen molar-refractivity contribution in [1.29, 1.82) is 0 Å². The summed E-state index contributed by atoms with van der Waals surface area (Å²) in [6.07, 6.45) is 6.22. The molecule has 1 atom stereocenters. The van der Waals surface area contributed by atoms with Crippen LogP contribution in [-0.4, -0.2) is 68.7 Å². The normalized spacial score (nSPS) is 19.9. The number of primary amides is 1. The Labute approximate surface area is 173 Å². The molecule has 2 heterocycles. The number of nitrogens with one attached hydrogen (secondary N) is 1. The van der Waals surface area contributed by atoms with Gasteiger partial charge in [-0.2, -0.15) is 0 Å². The van der Waals surface area contributed by atoms with E-state index in [4.69, 9.17) is 10.5 Å². The number of carbonyl (C=O) groups excluding carboxylic acids is 1. The number of aliphatic imine (C=N–C) groups is 1. The van der Waals surface area contributed by atoms with E-state index in [1.807, 2.05) is 13.1 Å². The van der Waals surface area contributed by atoms with Crippen LogP contribution in [-0.2, 0) is 16.1 Å². The van der Waals surface area contributed by atoms with Crippen molar-refractivity contribution < 1.29 is 9.53 Å². The number of nitrogens with two attached hydrogens (primary N) is 1. The lowest BCUT2D eigenvalue weighted by Crippen LogP contribution is -2.43. The number of ether oxygens (including phenoxy) is 1. The number of carbonyl (C=O) groups is 1. The van der Waals surface area contributed by atoms with Crippen LogP contribution >= 0.6 is 0 Å². The van der Waals surface area contributed by atoms with Crippen LogP contribution in [0.4, 0.5) is 5.82 Å². The van der Waals surface area contributed by atoms with Crippen LogP contribution in [0.1, 0.15) is 31.2 Å². The Bertz CT molecular complexity index is 706. The molecule has 2 aliphatic rings. The fourth-order valence-electron chi connectivity index (χ4n) is 3.66. The number of hydrogen-bond acceptors (Lipinski definition) is 5. The van der Waals surface area contributed by atoms with Crippen LogP contribution in [0.3, 0.4) is 0 Å². The van der Waals surface area contributed by atoms with Gasteiger partial charge in [0.1, 0.15) is 5.82 Å². The molecule has 3 rings (SSSR count). The largest absolute Gasteiger partial charge is 0.379 e. The van der Waals surface area contributed by atoms with E-state index in [-0.39, 0.29) is 11.8 Å². The van der Waals surface area contributed by atoms with Gasteiger partial charge in [-0.25, -0.2) is 4.98 Å². The van der Waals surface area contributed by atoms with E-state index in [2.05, 4.69) is 31.2 Å². The van der Waals surface area contributed by atoms with Gasteiger partial charge in [0, 0.05) is 58.6 Å². The second kappa shape index (κ2) is 10.4. The standard InChI is InChI=1S/C21H34N6O2/c1-23-21(26(2)11-12-29-15-16-7-8-16)25-13-17-5-3-9-24-20(17)27-10-4-6-18(14-27)19(22)28/h3,5,9,16,18H,4,6-8,10-15H2,1-2H3,(H2,22,28)(H,23,25). The number of likely N-dealkylation sites (N-methyl/N-ethyl adjacent to an activating group) is 1. The molecule has 1 amide bonds. The Morgan fingerprint density at radius 1 is 1.45 bits per heavy atom. The molecule has 2 fully saturated rings. The molecule has 29 heavy (non-hydrogen) atoms. The van der Waals surface area contributed by atoms with Crippen LogP contribution < -0.4 is 16.0 Å². The highest BCUT2D eigenvalue weighted by Crippen LogP contribution is 2.28. The molecule has 1 saturated carbocycles. The Hall–Kier alpha value is -2.35. The number of amides is 1. The van der Waals surface area contributed by atoms with Gasteiger partial charge in [0.25, 0.3) is 0 Å². The predicted octanol–water partition coefficient (Wildman–Crippen LogP) is 1.22. The maximum atomic E-state index is 11.6. The highest BCUT2D eigenvalue weighted by atomic mass is 16.5. The minimum absolute atomic E-state index is 0.110. The number of nitrogens with zero attached hydrogens (tertiary/aromatic N) is 4. The molecule has 0 aromatic carbocycles. The first kappa shape index (κ1) is 21.4. The van der Waals surface area contributed by atoms with Crippen LogP contribution in [0.15, 0.2) is 23.3 Å². The van der Waals surface area contributed by atoms with Gasteiger partial charge >= 0.3 is 0 Å². The molecular weight excluding hydrogens is 368 g/mol. The number of pyridine rings is 1. The zero-order valence-electron chi connectivity index (χ0n) is 17.6. The van der Waals surface area contributed by atoms with E-state index >= 15 is 0 Å². The highest BCUT2D eigenvalue weighted by Gasteiger charge is 2.26. The summed E-state index contributed by atoms with van der Waals surface area (Å²) in [7, 11) is 3.80. The molecule has 8 nitrogen and oxygen atoms in total. The van der Waals surface area contributed by atoms with Gasteiger partial charge in [0.15, 0.2) is 5.96 Å². The van der Waals surface area contributed by atoms with E-state index in [0.29, 0.717) is 19.7 Å². The lowest BCUT2D eigenvalue weighted by molar-refractivity contribution is -0.122. The van der Waals surface area contributed by atoms with Crippen molar-refractivity contribution in [3.05, 3.63) is 23.9 Å². The first-order valence-corrected chi connectivity index (χ1v) is 10.6. The van der Waals surface area contributed by atoms with Crippen LogP contribution in [0.5, 0.6) is 0 Å². The zero-order chi connectivity index (χ0) is 20.6. The van der Waals surface area contributed by atoms with Crippen molar-refractivity contribution in [2.45, 2.75) is 32.2 Å². The van der Waals surface area contributed by atoms with E-state index in [1.165, 1.54) is 12.8 Å². The van der Waals surface area contributed by atoms with Crippen molar-refractivity contribution in [2.75, 3.05) is 51.8 Å². The molecule has 3 N–H and O–H groups in total. The topological polar surface area (TPSA) is 96.1 Å². The summed E-state index contributed by atoms with van der Waals surface area (Å²) in [5.41, 5.74) is 6.62. The van der Waals surface area contributed by atoms with Gasteiger partial charge in [0.2, 0.25) is 5.91 Å². The fraction of sp³-hybridized carbons (Fsp3) is 0.667. The Morgan fingerprint density at radius 3 is 3.00 bits per heavy atom. The van der Waals surface area contributed by atoms with Gasteiger partial charge in [-0.3, -0.25) is 9.79 Å². The molecule has 1 aliphatic heterocycles. The zero-order valence-corrected chi connectivity index (χ0v) is 17.6. The van der Waals surface area contributed by atoms with Gasteiger partial charge in [-0.15, -0.1) is 0 Å². The van der Waals surface area contributed by atoms with Gasteiger partial charge in [0.05, 0.1) is 12.5 Å². The minimum Gasteiger partial charge on any atom is -0.379 e. The van der Waals surface area contributed by atoms with Crippen molar-refractivity contribution in [2.24, 2.45) is 22.6 Å². The second-order valence-corrected chi connectivity index (χ2v) is 8.01. The van der Waals surface area contributed by atoms with Crippen LogP contribution in [0.2, 0.25) is 0 Å². The van der Waals surface area contributed by atoms with E-state index in [1.54, 1.807) is 13.2 Å². The summed E-state index contributed by atoms with van der Waals surface area (Å²) < 4.78 is 5.73. The van der Waals surface area contributed by atoms with Crippen LogP contribution in [0.25, 0.3) is 0 Å². The molecule has 1 aromatic rings. The number of aromatic nitrogens is 1. The Balaban J connectivity index is 1.54. The third-order valence-electron chi connectivity index (χ3n) is 5.62. The number of guanidine groups is 1. The average Bonchev–Trinajstić information content (AvgIpc) is 3.56. The maximum Gasteiger partial charge on any atom is 0.222 e. The molecule has 1 aliphatic carbocycles. The lowest BCUT2D eigenvalue weighted by Gasteiger charge is -2.33. The maximum absolute atomic E-state index is 11.6. The third kappa shape index (κ3) is 6.32.